The second-order valence-corrected chi connectivity index (χ2v) is 14.5. The van der Waals surface area contributed by atoms with Crippen molar-refractivity contribution in [3.05, 3.63) is 30.3 Å². The highest BCUT2D eigenvalue weighted by Crippen LogP contribution is 2.52. The molecule has 0 spiro atoms. The monoisotopic (exact) mass is 411 g/mol. The molecule has 0 aliphatic carbocycles. The van der Waals surface area contributed by atoms with Crippen LogP contribution in [0.25, 0.3) is 0 Å². The van der Waals surface area contributed by atoms with Crippen LogP contribution in [-0.4, -0.2) is 71.7 Å². The zero-order chi connectivity index (χ0) is 19.6. The lowest BCUT2D eigenvalue weighted by atomic mass is 9.97. The lowest BCUT2D eigenvalue weighted by Crippen LogP contribution is -2.50. The van der Waals surface area contributed by atoms with Gasteiger partial charge in [0.2, 0.25) is 0 Å². The normalized spacial score (nSPS) is 35.7. The van der Waals surface area contributed by atoms with Crippen LogP contribution in [0.5, 0.6) is 0 Å². The minimum absolute atomic E-state index is 0.168. The minimum atomic E-state index is -3.76. The molecule has 3 fully saturated rings. The number of carbonyl (C=O) groups is 1. The summed E-state index contributed by atoms with van der Waals surface area (Å²) in [6, 6.07) is 10.2. The van der Waals surface area contributed by atoms with E-state index in [-0.39, 0.29) is 23.6 Å². The predicted octanol–water partition coefficient (Wildman–Crippen LogP) is 0.529. The third kappa shape index (κ3) is 2.96. The molecule has 9 heteroatoms. The van der Waals surface area contributed by atoms with Crippen LogP contribution in [0, 0.1) is 5.92 Å². The first-order valence-corrected chi connectivity index (χ1v) is 14.0. The van der Waals surface area contributed by atoms with Crippen LogP contribution in [0.2, 0.25) is 18.6 Å². The summed E-state index contributed by atoms with van der Waals surface area (Å²) in [7, 11) is -4.19. The largest absolute Gasteiger partial charge is 0.355 e. The fourth-order valence-corrected chi connectivity index (χ4v) is 8.79. The molecule has 1 unspecified atom stereocenters. The number of hydrogen-bond donors (Lipinski definition) is 0. The Bertz CT molecular complexity index is 845. The number of methoxy groups -OCH3 is 1. The molecule has 3 aliphatic rings. The summed E-state index contributed by atoms with van der Waals surface area (Å²) < 4.78 is 40.2. The fraction of sp³-hybridized carbons (Fsp3) is 0.611. The molecule has 1 aromatic carbocycles. The molecule has 3 heterocycles. The van der Waals surface area contributed by atoms with Crippen LogP contribution < -0.4 is 5.19 Å². The molecule has 0 bridgehead atoms. The van der Waals surface area contributed by atoms with E-state index in [1.54, 1.807) is 4.90 Å². The van der Waals surface area contributed by atoms with Crippen molar-refractivity contribution in [3.63, 3.8) is 0 Å². The Balaban J connectivity index is 1.68. The predicted molar refractivity (Wildman–Crippen MR) is 102 cm³/mol. The third-order valence-electron chi connectivity index (χ3n) is 6.32. The Kier molecular flexibility index (Phi) is 4.51. The van der Waals surface area contributed by atoms with Gasteiger partial charge in [-0.15, -0.1) is 0 Å². The second kappa shape index (κ2) is 6.38. The Labute approximate surface area is 160 Å². The van der Waals surface area contributed by atoms with E-state index in [0.29, 0.717) is 6.54 Å². The van der Waals surface area contributed by atoms with Gasteiger partial charge in [-0.05, 0) is 0 Å². The molecule has 0 radical (unpaired) electrons. The van der Waals surface area contributed by atoms with Crippen LogP contribution in [0.15, 0.2) is 30.3 Å². The molecule has 3 saturated heterocycles. The molecule has 0 N–H and O–H groups in total. The number of carbonyl (C=O) groups excluding carboxylic acids is 1. The summed E-state index contributed by atoms with van der Waals surface area (Å²) in [6.45, 7) is 5.16. The van der Waals surface area contributed by atoms with Crippen molar-refractivity contribution in [1.29, 1.82) is 0 Å². The van der Waals surface area contributed by atoms with E-state index in [9.17, 15) is 13.2 Å². The zero-order valence-corrected chi connectivity index (χ0v) is 17.7. The standard InChI is InChI=1S/C18H25NO6SSi/c1-23-18-13-14-15(24-18)12(27(3,4)11-8-6-5-7-9-11)10-19(14)17(20)16(13)25-26(2,21)22/h5-9,12-16,18H,10H2,1-4H3/t12-,13-,14-,15-,16-,18?/m1/s1. The highest BCUT2D eigenvalue weighted by molar-refractivity contribution is 7.86. The van der Waals surface area contributed by atoms with Crippen molar-refractivity contribution < 1.29 is 26.9 Å². The second-order valence-electron chi connectivity index (χ2n) is 8.18. The topological polar surface area (TPSA) is 82.1 Å². The van der Waals surface area contributed by atoms with Crippen LogP contribution in [0.3, 0.4) is 0 Å². The number of rotatable bonds is 5. The van der Waals surface area contributed by atoms with Crippen molar-refractivity contribution in [1.82, 2.24) is 4.90 Å². The molecule has 7 nitrogen and oxygen atoms in total. The first-order valence-electron chi connectivity index (χ1n) is 9.07. The summed E-state index contributed by atoms with van der Waals surface area (Å²) in [5, 5.41) is 1.31. The highest BCUT2D eigenvalue weighted by Gasteiger charge is 2.68. The maximum Gasteiger partial charge on any atom is 0.265 e. The quantitative estimate of drug-likeness (QED) is 0.519. The number of amides is 1. The summed E-state index contributed by atoms with van der Waals surface area (Å²) in [6.07, 6.45) is -0.919. The van der Waals surface area contributed by atoms with Crippen molar-refractivity contribution in [2.24, 2.45) is 5.92 Å². The first kappa shape index (κ1) is 19.1. The van der Waals surface area contributed by atoms with Crippen LogP contribution >= 0.6 is 0 Å². The molecule has 27 heavy (non-hydrogen) atoms. The van der Waals surface area contributed by atoms with Crippen molar-refractivity contribution in [2.45, 2.75) is 43.2 Å². The van der Waals surface area contributed by atoms with E-state index in [1.807, 2.05) is 18.2 Å². The average Bonchev–Trinajstić information content (AvgIpc) is 3.23. The van der Waals surface area contributed by atoms with E-state index < -0.39 is 36.5 Å². The van der Waals surface area contributed by atoms with Gasteiger partial charge in [0.25, 0.3) is 16.0 Å². The number of nitrogens with zero attached hydrogens (tertiary/aromatic N) is 1. The van der Waals surface area contributed by atoms with Gasteiger partial charge in [-0.3, -0.25) is 8.98 Å². The SMILES string of the molecule is COC1O[C@H]2[C@H]3[C@@H]1[C@@H](OS(C)(=O)=O)C(=O)N3C[C@H]2[Si](C)(C)c1ccccc1. The van der Waals surface area contributed by atoms with Gasteiger partial charge in [0.1, 0.15) is 0 Å². The number of benzene rings is 1. The number of ether oxygens (including phenoxy) is 2. The zero-order valence-electron chi connectivity index (χ0n) is 15.9. The van der Waals surface area contributed by atoms with Gasteiger partial charge < -0.3 is 14.4 Å². The summed E-state index contributed by atoms with van der Waals surface area (Å²) >= 11 is 0. The van der Waals surface area contributed by atoms with Gasteiger partial charge in [-0.1, -0.05) is 48.6 Å². The van der Waals surface area contributed by atoms with Crippen LogP contribution in [0.4, 0.5) is 0 Å². The van der Waals surface area contributed by atoms with Gasteiger partial charge in [-0.25, -0.2) is 0 Å². The molecule has 148 valence electrons. The first-order chi connectivity index (χ1) is 12.6. The summed E-state index contributed by atoms with van der Waals surface area (Å²) in [5.74, 6) is -0.709. The maximum absolute atomic E-state index is 13.0. The summed E-state index contributed by atoms with van der Waals surface area (Å²) in [5.41, 5.74) is 0.204. The van der Waals surface area contributed by atoms with Gasteiger partial charge in [-0.2, -0.15) is 8.42 Å². The van der Waals surface area contributed by atoms with Crippen molar-refractivity contribution in [3.8, 4) is 0 Å². The van der Waals surface area contributed by atoms with Gasteiger partial charge in [0.15, 0.2) is 12.4 Å². The van der Waals surface area contributed by atoms with Crippen LogP contribution in [-0.2, 0) is 28.6 Å². The minimum Gasteiger partial charge on any atom is -0.355 e. The fourth-order valence-electron chi connectivity index (χ4n) is 4.98. The molecular weight excluding hydrogens is 386 g/mol. The van der Waals surface area contributed by atoms with Gasteiger partial charge >= 0.3 is 0 Å². The molecule has 1 aromatic rings. The lowest BCUT2D eigenvalue weighted by Gasteiger charge is -2.33. The molecular formula is C18H25NO6SSi. The lowest BCUT2D eigenvalue weighted by molar-refractivity contribution is -0.152. The summed E-state index contributed by atoms with van der Waals surface area (Å²) in [4.78, 5) is 14.7. The molecule has 1 amide bonds. The van der Waals surface area contributed by atoms with Gasteiger partial charge in [0, 0.05) is 19.2 Å². The van der Waals surface area contributed by atoms with E-state index in [0.717, 1.165) is 6.26 Å². The molecule has 3 aliphatic heterocycles. The Hall–Kier alpha value is -1.26. The van der Waals surface area contributed by atoms with Crippen LogP contribution in [0.1, 0.15) is 0 Å². The molecule has 0 saturated carbocycles. The molecule has 0 aromatic heterocycles. The molecule has 4 rings (SSSR count). The molecule has 6 atom stereocenters. The maximum atomic E-state index is 13.0. The highest BCUT2D eigenvalue weighted by atomic mass is 32.2. The Morgan fingerprint density at radius 2 is 1.89 bits per heavy atom. The number of hydrogen-bond acceptors (Lipinski definition) is 6. The van der Waals surface area contributed by atoms with E-state index in [4.69, 9.17) is 13.7 Å². The smallest absolute Gasteiger partial charge is 0.265 e. The third-order valence-corrected chi connectivity index (χ3v) is 11.1. The average molecular weight is 412 g/mol. The van der Waals surface area contributed by atoms with E-state index >= 15 is 0 Å². The van der Waals surface area contributed by atoms with Crippen molar-refractivity contribution in [2.75, 3.05) is 19.9 Å². The Morgan fingerprint density at radius 3 is 2.48 bits per heavy atom. The van der Waals surface area contributed by atoms with Crippen molar-refractivity contribution >= 4 is 29.3 Å². The van der Waals surface area contributed by atoms with E-state index in [2.05, 4.69) is 25.2 Å². The Morgan fingerprint density at radius 1 is 1.22 bits per heavy atom. The van der Waals surface area contributed by atoms with E-state index in [1.165, 1.54) is 12.3 Å². The van der Waals surface area contributed by atoms with Gasteiger partial charge in [0.05, 0.1) is 32.4 Å².